The molecule has 0 aliphatic heterocycles. The van der Waals surface area contributed by atoms with Crippen LogP contribution in [0.25, 0.3) is 0 Å². The van der Waals surface area contributed by atoms with Crippen molar-refractivity contribution in [2.75, 3.05) is 0 Å². The number of halogens is 2. The number of aliphatic hydroxyl groups is 1. The van der Waals surface area contributed by atoms with Crippen LogP contribution < -0.4 is 4.74 Å². The minimum absolute atomic E-state index is 0.0347. The molecule has 94 valence electrons. The Balaban J connectivity index is 2.26. The normalized spacial score (nSPS) is 10.4. The quantitative estimate of drug-likeness (QED) is 0.902. The molecule has 0 fully saturated rings. The highest BCUT2D eigenvalue weighted by Gasteiger charge is 2.07. The van der Waals surface area contributed by atoms with Gasteiger partial charge >= 0.3 is 0 Å². The van der Waals surface area contributed by atoms with E-state index in [-0.39, 0.29) is 12.4 Å². The van der Waals surface area contributed by atoms with Gasteiger partial charge in [-0.15, -0.1) is 0 Å². The standard InChI is InChI=1S/C14H12F2O2/c1-9-6-12(4-2-10(9)8-17)18-14-5-3-11(15)7-13(14)16/h2-7,17H,8H2,1H3. The molecule has 18 heavy (non-hydrogen) atoms. The summed E-state index contributed by atoms with van der Waals surface area (Å²) in [6, 6.07) is 8.15. The molecule has 0 atom stereocenters. The first kappa shape index (κ1) is 12.5. The number of rotatable bonds is 3. The molecule has 0 unspecified atom stereocenters. The molecule has 0 radical (unpaired) electrons. The Morgan fingerprint density at radius 1 is 1.11 bits per heavy atom. The molecular weight excluding hydrogens is 238 g/mol. The fourth-order valence-electron chi connectivity index (χ4n) is 1.59. The maximum Gasteiger partial charge on any atom is 0.168 e. The minimum atomic E-state index is -0.751. The average molecular weight is 250 g/mol. The molecule has 4 heteroatoms. The smallest absolute Gasteiger partial charge is 0.168 e. The lowest BCUT2D eigenvalue weighted by Gasteiger charge is -2.09. The Labute approximate surface area is 103 Å². The van der Waals surface area contributed by atoms with Crippen LogP contribution in [0.5, 0.6) is 11.5 Å². The van der Waals surface area contributed by atoms with Crippen LogP contribution in [0.3, 0.4) is 0 Å². The zero-order valence-electron chi connectivity index (χ0n) is 9.78. The van der Waals surface area contributed by atoms with Crippen molar-refractivity contribution in [1.29, 1.82) is 0 Å². The number of aliphatic hydroxyl groups excluding tert-OH is 1. The average Bonchev–Trinajstić information content (AvgIpc) is 2.33. The van der Waals surface area contributed by atoms with Crippen LogP contribution in [0.4, 0.5) is 8.78 Å². The molecule has 0 amide bonds. The largest absolute Gasteiger partial charge is 0.454 e. The molecule has 2 aromatic rings. The number of hydrogen-bond acceptors (Lipinski definition) is 2. The van der Waals surface area contributed by atoms with Gasteiger partial charge in [-0.05, 0) is 42.3 Å². The lowest BCUT2D eigenvalue weighted by atomic mass is 10.1. The van der Waals surface area contributed by atoms with Gasteiger partial charge in [-0.3, -0.25) is 0 Å². The monoisotopic (exact) mass is 250 g/mol. The molecule has 2 aromatic carbocycles. The third-order valence-corrected chi connectivity index (χ3v) is 2.61. The SMILES string of the molecule is Cc1cc(Oc2ccc(F)cc2F)ccc1CO. The zero-order chi connectivity index (χ0) is 13.1. The third-order valence-electron chi connectivity index (χ3n) is 2.61. The molecule has 0 aromatic heterocycles. The molecular formula is C14H12F2O2. The highest BCUT2D eigenvalue weighted by Crippen LogP contribution is 2.26. The van der Waals surface area contributed by atoms with E-state index in [4.69, 9.17) is 9.84 Å². The summed E-state index contributed by atoms with van der Waals surface area (Å²) in [4.78, 5) is 0. The van der Waals surface area contributed by atoms with E-state index >= 15 is 0 Å². The highest BCUT2D eigenvalue weighted by molar-refractivity contribution is 5.38. The van der Waals surface area contributed by atoms with Gasteiger partial charge in [0.15, 0.2) is 11.6 Å². The summed E-state index contributed by atoms with van der Waals surface area (Å²) in [5.41, 5.74) is 1.62. The van der Waals surface area contributed by atoms with E-state index in [1.807, 2.05) is 6.92 Å². The van der Waals surface area contributed by atoms with E-state index in [0.29, 0.717) is 5.75 Å². The second-order valence-electron chi connectivity index (χ2n) is 3.92. The summed E-state index contributed by atoms with van der Waals surface area (Å²) < 4.78 is 31.4. The Hall–Kier alpha value is -1.94. The van der Waals surface area contributed by atoms with Crippen molar-refractivity contribution in [2.45, 2.75) is 13.5 Å². The summed E-state index contributed by atoms with van der Waals surface area (Å²) in [5, 5.41) is 9.03. The molecule has 0 bridgehead atoms. The van der Waals surface area contributed by atoms with E-state index in [9.17, 15) is 8.78 Å². The second kappa shape index (κ2) is 5.14. The first-order valence-corrected chi connectivity index (χ1v) is 5.43. The van der Waals surface area contributed by atoms with Crippen LogP contribution in [0.15, 0.2) is 36.4 Å². The summed E-state index contributed by atoms with van der Waals surface area (Å²) in [6.07, 6.45) is 0. The summed E-state index contributed by atoms with van der Waals surface area (Å²) in [5.74, 6) is -0.992. The molecule has 1 N–H and O–H groups in total. The van der Waals surface area contributed by atoms with E-state index in [1.54, 1.807) is 18.2 Å². The van der Waals surface area contributed by atoms with Crippen LogP contribution >= 0.6 is 0 Å². The lowest BCUT2D eigenvalue weighted by Crippen LogP contribution is -1.92. The van der Waals surface area contributed by atoms with Gasteiger partial charge in [0.25, 0.3) is 0 Å². The highest BCUT2D eigenvalue weighted by atomic mass is 19.1. The van der Waals surface area contributed by atoms with Crippen molar-refractivity contribution in [3.63, 3.8) is 0 Å². The predicted molar refractivity (Wildman–Crippen MR) is 63.5 cm³/mol. The fraction of sp³-hybridized carbons (Fsp3) is 0.143. The molecule has 0 aliphatic carbocycles. The maximum absolute atomic E-state index is 13.4. The van der Waals surface area contributed by atoms with Gasteiger partial charge < -0.3 is 9.84 Å². The van der Waals surface area contributed by atoms with Gasteiger partial charge in [0.05, 0.1) is 6.61 Å². The van der Waals surface area contributed by atoms with Gasteiger partial charge in [0, 0.05) is 6.07 Å². The van der Waals surface area contributed by atoms with Gasteiger partial charge in [0.2, 0.25) is 0 Å². The van der Waals surface area contributed by atoms with Crippen molar-refractivity contribution in [2.24, 2.45) is 0 Å². The van der Waals surface area contributed by atoms with Crippen molar-refractivity contribution in [1.82, 2.24) is 0 Å². The summed E-state index contributed by atoms with van der Waals surface area (Å²) in [7, 11) is 0. The molecule has 0 saturated heterocycles. The van der Waals surface area contributed by atoms with Crippen LogP contribution in [0.2, 0.25) is 0 Å². The number of benzene rings is 2. The Kier molecular flexibility index (Phi) is 3.58. The Bertz CT molecular complexity index is 568. The van der Waals surface area contributed by atoms with E-state index < -0.39 is 11.6 Å². The van der Waals surface area contributed by atoms with Crippen molar-refractivity contribution in [3.05, 3.63) is 59.2 Å². The molecule has 0 aliphatic rings. The van der Waals surface area contributed by atoms with Crippen LogP contribution in [0.1, 0.15) is 11.1 Å². The second-order valence-corrected chi connectivity index (χ2v) is 3.92. The van der Waals surface area contributed by atoms with Gasteiger partial charge in [-0.1, -0.05) is 6.07 Å². The first-order valence-electron chi connectivity index (χ1n) is 5.43. The van der Waals surface area contributed by atoms with Crippen molar-refractivity contribution < 1.29 is 18.6 Å². The number of hydrogen-bond donors (Lipinski definition) is 1. The van der Waals surface area contributed by atoms with Crippen molar-refractivity contribution >= 4 is 0 Å². The minimum Gasteiger partial charge on any atom is -0.454 e. The Morgan fingerprint density at radius 3 is 2.50 bits per heavy atom. The van der Waals surface area contributed by atoms with Crippen molar-refractivity contribution in [3.8, 4) is 11.5 Å². The van der Waals surface area contributed by atoms with Crippen LogP contribution in [-0.2, 0) is 6.61 Å². The molecule has 2 nitrogen and oxygen atoms in total. The molecule has 2 rings (SSSR count). The van der Waals surface area contributed by atoms with E-state index in [0.717, 1.165) is 23.3 Å². The number of aryl methyl sites for hydroxylation is 1. The maximum atomic E-state index is 13.4. The van der Waals surface area contributed by atoms with Crippen LogP contribution in [0, 0.1) is 18.6 Å². The zero-order valence-corrected chi connectivity index (χ0v) is 9.78. The Morgan fingerprint density at radius 2 is 1.89 bits per heavy atom. The lowest BCUT2D eigenvalue weighted by molar-refractivity contribution is 0.281. The topological polar surface area (TPSA) is 29.5 Å². The van der Waals surface area contributed by atoms with E-state index in [1.165, 1.54) is 6.07 Å². The third kappa shape index (κ3) is 2.65. The molecule has 0 saturated carbocycles. The van der Waals surface area contributed by atoms with Crippen LogP contribution in [-0.4, -0.2) is 5.11 Å². The first-order chi connectivity index (χ1) is 8.60. The summed E-state index contributed by atoms with van der Waals surface area (Å²) >= 11 is 0. The van der Waals surface area contributed by atoms with Gasteiger partial charge in [0.1, 0.15) is 11.6 Å². The molecule has 0 spiro atoms. The fourth-order valence-corrected chi connectivity index (χ4v) is 1.59. The predicted octanol–water partition coefficient (Wildman–Crippen LogP) is 3.56. The van der Waals surface area contributed by atoms with Gasteiger partial charge in [-0.2, -0.15) is 0 Å². The van der Waals surface area contributed by atoms with Gasteiger partial charge in [-0.25, -0.2) is 8.78 Å². The molecule has 0 heterocycles. The summed E-state index contributed by atoms with van der Waals surface area (Å²) in [6.45, 7) is 1.76. The van der Waals surface area contributed by atoms with E-state index in [2.05, 4.69) is 0 Å². The number of ether oxygens (including phenoxy) is 1.